The van der Waals surface area contributed by atoms with E-state index in [1.807, 2.05) is 5.32 Å². The van der Waals surface area contributed by atoms with Crippen molar-refractivity contribution in [1.29, 1.82) is 0 Å². The molecule has 1 aliphatic heterocycles. The van der Waals surface area contributed by atoms with Crippen LogP contribution in [0.25, 0.3) is 0 Å². The molecule has 2 fully saturated rings. The third kappa shape index (κ3) is 4.99. The summed E-state index contributed by atoms with van der Waals surface area (Å²) in [6.45, 7) is -0.707. The molecular weight excluding hydrogens is 358 g/mol. The fraction of sp³-hybridized carbons (Fsp3) is 0.929. The zero-order valence-corrected chi connectivity index (χ0v) is 14.5. The van der Waals surface area contributed by atoms with Crippen LogP contribution in [-0.2, 0) is 9.47 Å². The molecule has 1 heterocycles. The zero-order valence-electron chi connectivity index (χ0n) is 13.7. The van der Waals surface area contributed by atoms with Crippen LogP contribution in [0.3, 0.4) is 0 Å². The number of amides is 2. The van der Waals surface area contributed by atoms with Gasteiger partial charge in [0, 0.05) is 5.88 Å². The van der Waals surface area contributed by atoms with Crippen molar-refractivity contribution in [3.63, 3.8) is 0 Å². The lowest BCUT2D eigenvalue weighted by Gasteiger charge is -2.44. The maximum Gasteiger partial charge on any atom is 0.342 e. The molecule has 0 spiro atoms. The normalized spacial score (nSPS) is 33.7. The van der Waals surface area contributed by atoms with Gasteiger partial charge in [0.1, 0.15) is 18.8 Å². The minimum absolute atomic E-state index is 0.0451. The van der Waals surface area contributed by atoms with Crippen LogP contribution in [0.1, 0.15) is 32.1 Å². The number of nitroso groups, excluding NO2 is 1. The molecule has 0 aromatic heterocycles. The average Bonchev–Trinajstić information content (AvgIpc) is 2.61. The van der Waals surface area contributed by atoms with Crippen molar-refractivity contribution in [1.82, 2.24) is 10.3 Å². The van der Waals surface area contributed by atoms with Crippen molar-refractivity contribution in [2.24, 2.45) is 5.29 Å². The molecule has 1 saturated carbocycles. The number of urea groups is 1. The topological polar surface area (TPSA) is 141 Å². The van der Waals surface area contributed by atoms with Gasteiger partial charge in [-0.1, -0.05) is 19.3 Å². The maximum absolute atomic E-state index is 11.9. The summed E-state index contributed by atoms with van der Waals surface area (Å²) < 4.78 is 11.0. The first-order valence-electron chi connectivity index (χ1n) is 8.25. The number of alkyl halides is 1. The first-order chi connectivity index (χ1) is 11.9. The monoisotopic (exact) mass is 381 g/mol. The van der Waals surface area contributed by atoms with Crippen molar-refractivity contribution in [3.8, 4) is 0 Å². The zero-order chi connectivity index (χ0) is 18.4. The third-order valence-electron chi connectivity index (χ3n) is 4.39. The first-order valence-corrected chi connectivity index (χ1v) is 8.79. The molecule has 0 aromatic rings. The SMILES string of the molecule is O=NN(CCCl)C(=O)N[C@]1(O)CO[C@H](OC2CCCCC2)[C@@H](O)[C@@H]1O. The lowest BCUT2D eigenvalue weighted by Crippen LogP contribution is -2.70. The minimum Gasteiger partial charge on any atom is -0.385 e. The fourth-order valence-corrected chi connectivity index (χ4v) is 3.11. The van der Waals surface area contributed by atoms with Crippen LogP contribution < -0.4 is 5.32 Å². The molecule has 4 atom stereocenters. The summed E-state index contributed by atoms with van der Waals surface area (Å²) in [5, 5.41) is 35.7. The molecule has 4 N–H and O–H groups in total. The van der Waals surface area contributed by atoms with Gasteiger partial charge in [0.05, 0.1) is 17.9 Å². The Hall–Kier alpha value is -1.04. The fourth-order valence-electron chi connectivity index (χ4n) is 2.95. The van der Waals surface area contributed by atoms with E-state index in [9.17, 15) is 25.0 Å². The van der Waals surface area contributed by atoms with E-state index in [1.54, 1.807) is 0 Å². The summed E-state index contributed by atoms with van der Waals surface area (Å²) in [5.41, 5.74) is -2.29. The van der Waals surface area contributed by atoms with E-state index in [0.29, 0.717) is 5.01 Å². The number of carbonyl (C=O) groups excluding carboxylic acids is 1. The number of hydrogen-bond acceptors (Lipinski definition) is 8. The summed E-state index contributed by atoms with van der Waals surface area (Å²) in [6, 6.07) is -1.07. The van der Waals surface area contributed by atoms with Gasteiger partial charge >= 0.3 is 6.03 Å². The number of aliphatic hydroxyl groups excluding tert-OH is 2. The van der Waals surface area contributed by atoms with Crippen LogP contribution in [0.15, 0.2) is 5.29 Å². The largest absolute Gasteiger partial charge is 0.385 e. The standard InChI is InChI=1S/C14H24ClN3O7/c15-6-7-18(17-23)13(21)16-14(22)8-24-12(10(19)11(14)20)25-9-4-2-1-3-5-9/h9-12,19-20,22H,1-8H2,(H,16,21)/t10-,11-,12+,14-/m0/s1. The molecule has 1 saturated heterocycles. The molecule has 0 unspecified atom stereocenters. The number of halogens is 1. The van der Waals surface area contributed by atoms with Gasteiger partial charge in [0.2, 0.25) is 0 Å². The number of aliphatic hydroxyl groups is 3. The molecule has 0 bridgehead atoms. The van der Waals surface area contributed by atoms with Crippen LogP contribution in [0.2, 0.25) is 0 Å². The molecule has 2 rings (SSSR count). The smallest absolute Gasteiger partial charge is 0.342 e. The Bertz CT molecular complexity index is 466. The highest BCUT2D eigenvalue weighted by Crippen LogP contribution is 2.28. The lowest BCUT2D eigenvalue weighted by molar-refractivity contribution is -0.313. The number of rotatable bonds is 6. The summed E-state index contributed by atoms with van der Waals surface area (Å²) >= 11 is 5.45. The number of ether oxygens (including phenoxy) is 2. The van der Waals surface area contributed by atoms with E-state index in [4.69, 9.17) is 21.1 Å². The summed E-state index contributed by atoms with van der Waals surface area (Å²) in [4.78, 5) is 22.5. The van der Waals surface area contributed by atoms with E-state index >= 15 is 0 Å². The minimum atomic E-state index is -2.29. The van der Waals surface area contributed by atoms with E-state index in [-0.39, 0.29) is 18.5 Å². The number of hydrogen-bond donors (Lipinski definition) is 4. The third-order valence-corrected chi connectivity index (χ3v) is 4.56. The molecule has 10 nitrogen and oxygen atoms in total. The summed E-state index contributed by atoms with van der Waals surface area (Å²) in [6.07, 6.45) is 0.292. The van der Waals surface area contributed by atoms with E-state index < -0.39 is 36.9 Å². The van der Waals surface area contributed by atoms with Crippen LogP contribution in [0.4, 0.5) is 4.79 Å². The van der Waals surface area contributed by atoms with Crippen molar-refractivity contribution in [3.05, 3.63) is 4.91 Å². The van der Waals surface area contributed by atoms with Gasteiger partial charge in [-0.25, -0.2) is 4.79 Å². The van der Waals surface area contributed by atoms with Gasteiger partial charge in [-0.05, 0) is 12.8 Å². The predicted octanol–water partition coefficient (Wildman–Crippen LogP) is 0.0342. The van der Waals surface area contributed by atoms with Crippen LogP contribution in [-0.4, -0.2) is 75.7 Å². The Labute approximate surface area is 150 Å². The van der Waals surface area contributed by atoms with E-state index in [1.165, 1.54) is 0 Å². The highest BCUT2D eigenvalue weighted by atomic mass is 35.5. The van der Waals surface area contributed by atoms with Gasteiger partial charge in [-0.2, -0.15) is 5.01 Å². The maximum atomic E-state index is 11.9. The molecule has 11 heteroatoms. The van der Waals surface area contributed by atoms with Crippen LogP contribution in [0, 0.1) is 4.91 Å². The van der Waals surface area contributed by atoms with Crippen molar-refractivity contribution >= 4 is 17.6 Å². The predicted molar refractivity (Wildman–Crippen MR) is 86.4 cm³/mol. The summed E-state index contributed by atoms with van der Waals surface area (Å²) in [5.74, 6) is -0.0451. The Kier molecular flexibility index (Phi) is 7.35. The van der Waals surface area contributed by atoms with Crippen molar-refractivity contribution < 1.29 is 29.6 Å². The average molecular weight is 382 g/mol. The number of carbonyl (C=O) groups is 1. The van der Waals surface area contributed by atoms with Crippen LogP contribution in [0.5, 0.6) is 0 Å². The molecule has 2 amide bonds. The Balaban J connectivity index is 1.95. The Morgan fingerprint density at radius 1 is 1.36 bits per heavy atom. The molecular formula is C14H24ClN3O7. The van der Waals surface area contributed by atoms with E-state index in [0.717, 1.165) is 32.1 Å². The highest BCUT2D eigenvalue weighted by Gasteiger charge is 2.51. The molecule has 1 aliphatic carbocycles. The molecule has 25 heavy (non-hydrogen) atoms. The van der Waals surface area contributed by atoms with Gasteiger partial charge < -0.3 is 30.1 Å². The second-order valence-corrected chi connectivity index (χ2v) is 6.64. The van der Waals surface area contributed by atoms with Crippen LogP contribution >= 0.6 is 11.6 Å². The number of nitrogens with zero attached hydrogens (tertiary/aromatic N) is 2. The molecule has 0 aromatic carbocycles. The number of nitrogens with one attached hydrogen (secondary N) is 1. The second kappa shape index (κ2) is 9.06. The van der Waals surface area contributed by atoms with Gasteiger partial charge in [0.25, 0.3) is 0 Å². The van der Waals surface area contributed by atoms with Crippen molar-refractivity contribution in [2.75, 3.05) is 19.0 Å². The van der Waals surface area contributed by atoms with Gasteiger partial charge in [-0.15, -0.1) is 16.5 Å². The quantitative estimate of drug-likeness (QED) is 0.220. The van der Waals surface area contributed by atoms with E-state index in [2.05, 4.69) is 5.29 Å². The Morgan fingerprint density at radius 2 is 2.04 bits per heavy atom. The molecule has 2 aliphatic rings. The highest BCUT2D eigenvalue weighted by molar-refractivity contribution is 6.18. The Morgan fingerprint density at radius 3 is 2.64 bits per heavy atom. The molecule has 0 radical (unpaired) electrons. The first kappa shape index (κ1) is 20.3. The van der Waals surface area contributed by atoms with Crippen molar-refractivity contribution in [2.45, 2.75) is 62.4 Å². The molecule has 144 valence electrons. The van der Waals surface area contributed by atoms with Gasteiger partial charge in [0.15, 0.2) is 12.0 Å². The second-order valence-electron chi connectivity index (χ2n) is 6.26. The lowest BCUT2D eigenvalue weighted by atomic mass is 9.96. The summed E-state index contributed by atoms with van der Waals surface area (Å²) in [7, 11) is 0. The van der Waals surface area contributed by atoms with Gasteiger partial charge in [-0.3, -0.25) is 0 Å².